The second-order valence-electron chi connectivity index (χ2n) is 6.39. The van der Waals surface area contributed by atoms with Crippen molar-refractivity contribution in [3.8, 4) is 0 Å². The van der Waals surface area contributed by atoms with Gasteiger partial charge < -0.3 is 10.2 Å². The highest BCUT2D eigenvalue weighted by atomic mass is 19.1. The topological polar surface area (TPSA) is 41.1 Å². The molecular weight excluding hydrogens is 327 g/mol. The van der Waals surface area contributed by atoms with Gasteiger partial charge in [0.25, 0.3) is 0 Å². The van der Waals surface area contributed by atoms with Crippen LogP contribution in [-0.4, -0.2) is 23.1 Å². The highest BCUT2D eigenvalue weighted by Crippen LogP contribution is 2.32. The lowest BCUT2D eigenvalue weighted by atomic mass is 10.0. The molecule has 5 heteroatoms. The fourth-order valence-electron chi connectivity index (χ4n) is 3.37. The molecule has 0 radical (unpaired) electrons. The minimum absolute atomic E-state index is 0.172. The van der Waals surface area contributed by atoms with Crippen molar-refractivity contribution in [1.82, 2.24) is 9.97 Å². The molecule has 2 aromatic carbocycles. The van der Waals surface area contributed by atoms with Crippen LogP contribution in [0.4, 0.5) is 21.8 Å². The van der Waals surface area contributed by atoms with Crippen molar-refractivity contribution in [2.24, 2.45) is 0 Å². The van der Waals surface area contributed by atoms with Crippen molar-refractivity contribution in [2.45, 2.75) is 19.3 Å². The zero-order valence-electron chi connectivity index (χ0n) is 14.5. The van der Waals surface area contributed by atoms with Gasteiger partial charge in [-0.3, -0.25) is 0 Å². The molecule has 1 aliphatic rings. The summed E-state index contributed by atoms with van der Waals surface area (Å²) in [5.41, 5.74) is 3.27. The summed E-state index contributed by atoms with van der Waals surface area (Å²) >= 11 is 0. The van der Waals surface area contributed by atoms with Crippen LogP contribution in [-0.2, 0) is 12.8 Å². The number of aromatic nitrogens is 2. The van der Waals surface area contributed by atoms with Crippen LogP contribution in [0, 0.1) is 5.82 Å². The number of rotatable bonds is 5. The molecule has 0 atom stereocenters. The van der Waals surface area contributed by atoms with Crippen LogP contribution in [0.1, 0.15) is 17.5 Å². The van der Waals surface area contributed by atoms with Gasteiger partial charge >= 0.3 is 0 Å². The van der Waals surface area contributed by atoms with E-state index >= 15 is 0 Å². The van der Waals surface area contributed by atoms with E-state index in [1.165, 1.54) is 17.3 Å². The Bertz CT molecular complexity index is 896. The number of benzene rings is 2. The van der Waals surface area contributed by atoms with Crippen molar-refractivity contribution >= 4 is 17.5 Å². The van der Waals surface area contributed by atoms with Gasteiger partial charge in [0.05, 0.1) is 0 Å². The summed E-state index contributed by atoms with van der Waals surface area (Å²) in [6, 6.07) is 17.2. The van der Waals surface area contributed by atoms with E-state index in [4.69, 9.17) is 0 Å². The van der Waals surface area contributed by atoms with Crippen LogP contribution < -0.4 is 10.2 Å². The third-order valence-electron chi connectivity index (χ3n) is 4.66. The molecule has 4 rings (SSSR count). The summed E-state index contributed by atoms with van der Waals surface area (Å²) in [6.45, 7) is 1.53. The maximum atomic E-state index is 13.7. The Hall–Kier alpha value is -2.95. The number of halogens is 1. The molecule has 0 aliphatic carbocycles. The number of nitrogens with one attached hydrogen (secondary N) is 1. The van der Waals surface area contributed by atoms with E-state index in [0.717, 1.165) is 25.2 Å². The largest absolute Gasteiger partial charge is 0.354 e. The lowest BCUT2D eigenvalue weighted by Gasteiger charge is -2.30. The average molecular weight is 348 g/mol. The molecular formula is C21H21FN4. The van der Waals surface area contributed by atoms with Gasteiger partial charge in [0.2, 0.25) is 5.95 Å². The summed E-state index contributed by atoms with van der Waals surface area (Å²) < 4.78 is 13.7. The maximum absolute atomic E-state index is 13.7. The zero-order valence-corrected chi connectivity index (χ0v) is 14.5. The molecule has 0 spiro atoms. The van der Waals surface area contributed by atoms with Crippen molar-refractivity contribution in [3.05, 3.63) is 77.7 Å². The van der Waals surface area contributed by atoms with Crippen LogP contribution in [0.25, 0.3) is 0 Å². The van der Waals surface area contributed by atoms with E-state index in [1.807, 2.05) is 12.1 Å². The first-order valence-corrected chi connectivity index (χ1v) is 8.97. The average Bonchev–Trinajstić information content (AvgIpc) is 2.69. The molecule has 26 heavy (non-hydrogen) atoms. The SMILES string of the molecule is Fc1ccccc1CCNc1nccc(N2CCCc3ccccc32)n1. The molecule has 1 N–H and O–H groups in total. The monoisotopic (exact) mass is 348 g/mol. The van der Waals surface area contributed by atoms with Crippen molar-refractivity contribution in [2.75, 3.05) is 23.3 Å². The van der Waals surface area contributed by atoms with Gasteiger partial charge in [0.15, 0.2) is 0 Å². The van der Waals surface area contributed by atoms with Crippen LogP contribution in [0.5, 0.6) is 0 Å². The van der Waals surface area contributed by atoms with Gasteiger partial charge in [0, 0.05) is 25.0 Å². The zero-order chi connectivity index (χ0) is 17.8. The molecule has 0 bridgehead atoms. The first-order valence-electron chi connectivity index (χ1n) is 8.97. The highest BCUT2D eigenvalue weighted by Gasteiger charge is 2.19. The Morgan fingerprint density at radius 3 is 2.81 bits per heavy atom. The number of anilines is 3. The summed E-state index contributed by atoms with van der Waals surface area (Å²) in [5, 5.41) is 3.21. The van der Waals surface area contributed by atoms with Crippen LogP contribution in [0.15, 0.2) is 60.8 Å². The van der Waals surface area contributed by atoms with E-state index in [2.05, 4.69) is 44.5 Å². The summed E-state index contributed by atoms with van der Waals surface area (Å²) in [7, 11) is 0. The molecule has 0 unspecified atom stereocenters. The maximum Gasteiger partial charge on any atom is 0.224 e. The van der Waals surface area contributed by atoms with E-state index in [-0.39, 0.29) is 5.82 Å². The van der Waals surface area contributed by atoms with Gasteiger partial charge in [0.1, 0.15) is 11.6 Å². The van der Waals surface area contributed by atoms with E-state index < -0.39 is 0 Å². The predicted molar refractivity (Wildman–Crippen MR) is 102 cm³/mol. The van der Waals surface area contributed by atoms with Crippen molar-refractivity contribution in [1.29, 1.82) is 0 Å². The van der Waals surface area contributed by atoms with Gasteiger partial charge in [-0.15, -0.1) is 0 Å². The Balaban J connectivity index is 1.47. The lowest BCUT2D eigenvalue weighted by molar-refractivity contribution is 0.610. The number of nitrogens with zero attached hydrogens (tertiary/aromatic N) is 3. The second kappa shape index (κ2) is 7.52. The first-order chi connectivity index (χ1) is 12.8. The Morgan fingerprint density at radius 2 is 1.88 bits per heavy atom. The third kappa shape index (κ3) is 3.52. The molecule has 1 aromatic heterocycles. The molecule has 0 fully saturated rings. The van der Waals surface area contributed by atoms with E-state index in [0.29, 0.717) is 24.5 Å². The minimum atomic E-state index is -0.172. The van der Waals surface area contributed by atoms with Crippen LogP contribution in [0.2, 0.25) is 0 Å². The van der Waals surface area contributed by atoms with Crippen LogP contribution in [0.3, 0.4) is 0 Å². The number of hydrogen-bond acceptors (Lipinski definition) is 4. The number of hydrogen-bond donors (Lipinski definition) is 1. The summed E-state index contributed by atoms with van der Waals surface area (Å²) in [6.07, 6.45) is 4.57. The Kier molecular flexibility index (Phi) is 4.78. The standard InChI is InChI=1S/C21H21FN4/c22-18-9-3-1-6-16(18)11-13-23-21-24-14-12-20(25-21)26-15-5-8-17-7-2-4-10-19(17)26/h1-4,6-7,9-10,12,14H,5,8,11,13,15H2,(H,23,24,25). The molecule has 2 heterocycles. The molecule has 132 valence electrons. The molecule has 0 amide bonds. The molecule has 0 saturated heterocycles. The first kappa shape index (κ1) is 16.5. The smallest absolute Gasteiger partial charge is 0.224 e. The van der Waals surface area contributed by atoms with Crippen molar-refractivity contribution in [3.63, 3.8) is 0 Å². The molecule has 4 nitrogen and oxygen atoms in total. The van der Waals surface area contributed by atoms with Gasteiger partial charge in [-0.05, 0) is 48.6 Å². The normalized spacial score (nSPS) is 13.3. The Morgan fingerprint density at radius 1 is 1.04 bits per heavy atom. The fourth-order valence-corrected chi connectivity index (χ4v) is 3.37. The van der Waals surface area contributed by atoms with Crippen molar-refractivity contribution < 1.29 is 4.39 Å². The number of aryl methyl sites for hydroxylation is 1. The number of fused-ring (bicyclic) bond motifs is 1. The van der Waals surface area contributed by atoms with E-state index in [1.54, 1.807) is 18.3 Å². The third-order valence-corrected chi connectivity index (χ3v) is 4.66. The highest BCUT2D eigenvalue weighted by molar-refractivity contribution is 5.65. The molecule has 3 aromatic rings. The van der Waals surface area contributed by atoms with Gasteiger partial charge in [-0.1, -0.05) is 36.4 Å². The molecule has 1 aliphatic heterocycles. The van der Waals surface area contributed by atoms with Crippen LogP contribution >= 0.6 is 0 Å². The second-order valence-corrected chi connectivity index (χ2v) is 6.39. The summed E-state index contributed by atoms with van der Waals surface area (Å²) in [4.78, 5) is 11.2. The van der Waals surface area contributed by atoms with E-state index in [9.17, 15) is 4.39 Å². The van der Waals surface area contributed by atoms with Gasteiger partial charge in [-0.25, -0.2) is 9.37 Å². The number of para-hydroxylation sites is 1. The molecule has 0 saturated carbocycles. The minimum Gasteiger partial charge on any atom is -0.354 e. The summed E-state index contributed by atoms with van der Waals surface area (Å²) in [5.74, 6) is 1.29. The lowest BCUT2D eigenvalue weighted by Crippen LogP contribution is -2.25. The predicted octanol–water partition coefficient (Wildman–Crippen LogP) is 4.35. The quantitative estimate of drug-likeness (QED) is 0.744. The Labute approximate surface area is 152 Å². The fraction of sp³-hybridized carbons (Fsp3) is 0.238. The van der Waals surface area contributed by atoms with Gasteiger partial charge in [-0.2, -0.15) is 4.98 Å².